The van der Waals surface area contributed by atoms with Crippen molar-refractivity contribution in [1.29, 1.82) is 0 Å². The van der Waals surface area contributed by atoms with Crippen LogP contribution in [0.15, 0.2) is 42.5 Å². The molecule has 1 atom stereocenters. The minimum Gasteiger partial charge on any atom is -0.495 e. The van der Waals surface area contributed by atoms with Crippen LogP contribution in [0.5, 0.6) is 5.75 Å². The second-order valence-corrected chi connectivity index (χ2v) is 11.5. The van der Waals surface area contributed by atoms with Crippen molar-refractivity contribution < 1.29 is 22.7 Å². The Balaban J connectivity index is 2.44. The molecule has 198 valence electrons. The molecule has 2 rings (SSSR count). The number of methoxy groups -OCH3 is 1. The third-order valence-corrected chi connectivity index (χ3v) is 7.08. The van der Waals surface area contributed by atoms with E-state index in [9.17, 15) is 18.0 Å². The van der Waals surface area contributed by atoms with Crippen LogP contribution in [0.1, 0.15) is 38.3 Å². The first-order valence-electron chi connectivity index (χ1n) is 11.8. The van der Waals surface area contributed by atoms with Crippen LogP contribution >= 0.6 is 11.6 Å². The van der Waals surface area contributed by atoms with Gasteiger partial charge in [0.05, 0.1) is 24.1 Å². The Morgan fingerprint density at radius 3 is 2.25 bits per heavy atom. The number of benzene rings is 2. The monoisotopic (exact) mass is 537 g/mol. The lowest BCUT2D eigenvalue weighted by Gasteiger charge is -2.33. The molecule has 0 saturated heterocycles. The van der Waals surface area contributed by atoms with Crippen LogP contribution in [0.25, 0.3) is 0 Å². The Morgan fingerprint density at radius 2 is 1.75 bits per heavy atom. The average Bonchev–Trinajstić information content (AvgIpc) is 2.81. The zero-order chi connectivity index (χ0) is 27.0. The van der Waals surface area contributed by atoms with Crippen LogP contribution in [-0.4, -0.2) is 57.6 Å². The summed E-state index contributed by atoms with van der Waals surface area (Å²) in [6.07, 6.45) is 1.39. The van der Waals surface area contributed by atoms with Gasteiger partial charge in [0.15, 0.2) is 0 Å². The molecule has 0 heterocycles. The highest BCUT2D eigenvalue weighted by atomic mass is 35.5. The molecule has 2 aromatic rings. The summed E-state index contributed by atoms with van der Waals surface area (Å²) >= 11 is 6.22. The highest BCUT2D eigenvalue weighted by molar-refractivity contribution is 7.92. The van der Waals surface area contributed by atoms with Gasteiger partial charge in [-0.3, -0.25) is 13.9 Å². The van der Waals surface area contributed by atoms with E-state index in [0.717, 1.165) is 21.7 Å². The van der Waals surface area contributed by atoms with Gasteiger partial charge in [0.25, 0.3) is 0 Å². The summed E-state index contributed by atoms with van der Waals surface area (Å²) in [5, 5.41) is 3.12. The minimum absolute atomic E-state index is 0.160. The fourth-order valence-electron chi connectivity index (χ4n) is 3.66. The summed E-state index contributed by atoms with van der Waals surface area (Å²) in [6.45, 7) is 7.91. The number of ether oxygens (including phenoxy) is 1. The molecule has 0 fully saturated rings. The summed E-state index contributed by atoms with van der Waals surface area (Å²) in [4.78, 5) is 28.2. The van der Waals surface area contributed by atoms with Gasteiger partial charge in [-0.05, 0) is 43.0 Å². The lowest BCUT2D eigenvalue weighted by Crippen LogP contribution is -2.52. The van der Waals surface area contributed by atoms with Crippen LogP contribution in [0.2, 0.25) is 5.02 Å². The summed E-state index contributed by atoms with van der Waals surface area (Å²) in [6, 6.07) is 11.4. The molecule has 0 saturated carbocycles. The Labute approximate surface area is 219 Å². The van der Waals surface area contributed by atoms with Gasteiger partial charge in [0.1, 0.15) is 18.3 Å². The van der Waals surface area contributed by atoms with Gasteiger partial charge in [-0.1, -0.05) is 62.2 Å². The van der Waals surface area contributed by atoms with Crippen molar-refractivity contribution >= 4 is 39.1 Å². The smallest absolute Gasteiger partial charge is 0.244 e. The number of hydrogen-bond acceptors (Lipinski definition) is 5. The molecule has 0 aliphatic heterocycles. The quantitative estimate of drug-likeness (QED) is 0.441. The van der Waals surface area contributed by atoms with E-state index in [1.165, 1.54) is 24.1 Å². The number of anilines is 1. The predicted molar refractivity (Wildman–Crippen MR) is 144 cm³/mol. The number of amides is 2. The van der Waals surface area contributed by atoms with E-state index in [1.54, 1.807) is 6.07 Å². The molecule has 1 N–H and O–H groups in total. The molecule has 0 spiro atoms. The van der Waals surface area contributed by atoms with Crippen molar-refractivity contribution in [2.45, 2.75) is 46.7 Å². The SMILES string of the molecule is CC[C@H](C(=O)NCC(C)C)N(Cc1ccc(C)cc1)C(=O)CN(c1ccc(OC)c(Cl)c1)S(C)(=O)=O. The van der Waals surface area contributed by atoms with E-state index in [1.807, 2.05) is 52.0 Å². The number of aryl methyl sites for hydroxylation is 1. The standard InChI is InChI=1S/C26H36ClN3O5S/c1-7-23(26(32)28-15-18(2)3)29(16-20-10-8-19(4)9-11-20)25(31)17-30(36(6,33)34)21-12-13-24(35-5)22(27)14-21/h8-14,18,23H,7,15-17H2,1-6H3,(H,28,32)/t23-/m1/s1. The van der Waals surface area contributed by atoms with Gasteiger partial charge in [-0.2, -0.15) is 0 Å². The molecule has 0 aliphatic carbocycles. The third kappa shape index (κ3) is 8.13. The maximum absolute atomic E-state index is 13.7. The molecule has 36 heavy (non-hydrogen) atoms. The van der Waals surface area contributed by atoms with Gasteiger partial charge < -0.3 is 15.0 Å². The Hall–Kier alpha value is -2.78. The van der Waals surface area contributed by atoms with Crippen LogP contribution in [0.3, 0.4) is 0 Å². The molecule has 10 heteroatoms. The maximum atomic E-state index is 13.7. The zero-order valence-corrected chi connectivity index (χ0v) is 23.3. The van der Waals surface area contributed by atoms with E-state index in [0.29, 0.717) is 18.7 Å². The van der Waals surface area contributed by atoms with Crippen molar-refractivity contribution in [3.63, 3.8) is 0 Å². The highest BCUT2D eigenvalue weighted by Crippen LogP contribution is 2.30. The minimum atomic E-state index is -3.85. The summed E-state index contributed by atoms with van der Waals surface area (Å²) in [5.41, 5.74) is 2.13. The number of nitrogens with one attached hydrogen (secondary N) is 1. The normalized spacial score (nSPS) is 12.2. The van der Waals surface area contributed by atoms with Gasteiger partial charge >= 0.3 is 0 Å². The lowest BCUT2D eigenvalue weighted by molar-refractivity contribution is -0.140. The molecule has 2 aromatic carbocycles. The largest absolute Gasteiger partial charge is 0.495 e. The third-order valence-electron chi connectivity index (χ3n) is 5.65. The highest BCUT2D eigenvalue weighted by Gasteiger charge is 2.32. The summed E-state index contributed by atoms with van der Waals surface area (Å²) in [7, 11) is -2.39. The van der Waals surface area contributed by atoms with Crippen LogP contribution in [-0.2, 0) is 26.2 Å². The van der Waals surface area contributed by atoms with Gasteiger partial charge in [0.2, 0.25) is 21.8 Å². The van der Waals surface area contributed by atoms with Gasteiger partial charge in [-0.25, -0.2) is 8.42 Å². The second-order valence-electron chi connectivity index (χ2n) is 9.16. The van der Waals surface area contributed by atoms with Gasteiger partial charge in [-0.15, -0.1) is 0 Å². The van der Waals surface area contributed by atoms with Crippen molar-refractivity contribution in [2.24, 2.45) is 5.92 Å². The van der Waals surface area contributed by atoms with E-state index in [4.69, 9.17) is 16.3 Å². The van der Waals surface area contributed by atoms with Crippen molar-refractivity contribution in [2.75, 3.05) is 30.8 Å². The van der Waals surface area contributed by atoms with E-state index in [2.05, 4.69) is 5.32 Å². The van der Waals surface area contributed by atoms with E-state index >= 15 is 0 Å². The zero-order valence-electron chi connectivity index (χ0n) is 21.7. The number of nitrogens with zero attached hydrogens (tertiary/aromatic N) is 2. The average molecular weight is 538 g/mol. The molecular formula is C26H36ClN3O5S. The fraction of sp³-hybridized carbons (Fsp3) is 0.462. The first kappa shape index (κ1) is 29.5. The molecular weight excluding hydrogens is 502 g/mol. The number of sulfonamides is 1. The van der Waals surface area contributed by atoms with E-state index < -0.39 is 28.5 Å². The van der Waals surface area contributed by atoms with Crippen molar-refractivity contribution in [3.8, 4) is 5.75 Å². The Bertz CT molecular complexity index is 1150. The molecule has 2 amide bonds. The number of rotatable bonds is 12. The number of carbonyl (C=O) groups excluding carboxylic acids is 2. The number of carbonyl (C=O) groups is 2. The molecule has 0 aliphatic rings. The number of hydrogen-bond donors (Lipinski definition) is 1. The molecule has 8 nitrogen and oxygen atoms in total. The molecule has 0 aromatic heterocycles. The van der Waals surface area contributed by atoms with Crippen LogP contribution in [0.4, 0.5) is 5.69 Å². The van der Waals surface area contributed by atoms with Crippen LogP contribution in [0, 0.1) is 12.8 Å². The first-order valence-corrected chi connectivity index (χ1v) is 14.0. The predicted octanol–water partition coefficient (Wildman–Crippen LogP) is 4.00. The van der Waals surface area contributed by atoms with Crippen LogP contribution < -0.4 is 14.4 Å². The summed E-state index contributed by atoms with van der Waals surface area (Å²) < 4.78 is 31.5. The molecule has 0 unspecified atom stereocenters. The van der Waals surface area contributed by atoms with Crippen molar-refractivity contribution in [1.82, 2.24) is 10.2 Å². The number of halogens is 1. The first-order chi connectivity index (χ1) is 16.9. The van der Waals surface area contributed by atoms with Gasteiger partial charge in [0, 0.05) is 13.1 Å². The second kappa shape index (κ2) is 13.0. The Kier molecular flexibility index (Phi) is 10.6. The van der Waals surface area contributed by atoms with E-state index in [-0.39, 0.29) is 29.1 Å². The molecule has 0 bridgehead atoms. The topological polar surface area (TPSA) is 96.0 Å². The summed E-state index contributed by atoms with van der Waals surface area (Å²) in [5.74, 6) is -0.146. The maximum Gasteiger partial charge on any atom is 0.244 e. The lowest BCUT2D eigenvalue weighted by atomic mass is 10.1. The Morgan fingerprint density at radius 1 is 1.11 bits per heavy atom. The fourth-order valence-corrected chi connectivity index (χ4v) is 4.75. The van der Waals surface area contributed by atoms with Crippen molar-refractivity contribution in [3.05, 3.63) is 58.6 Å². The molecule has 0 radical (unpaired) electrons.